The predicted molar refractivity (Wildman–Crippen MR) is 123 cm³/mol. The first-order valence-corrected chi connectivity index (χ1v) is 10.1. The van der Waals surface area contributed by atoms with Crippen molar-refractivity contribution in [1.29, 1.82) is 0 Å². The number of hydrogen-bond donors (Lipinski definition) is 2. The van der Waals surface area contributed by atoms with Crippen molar-refractivity contribution in [2.45, 2.75) is 33.2 Å². The molecule has 2 aromatic carbocycles. The molecule has 1 fully saturated rings. The molecular formula is C22H29ClN4O3. The highest BCUT2D eigenvalue weighted by Crippen LogP contribution is 2.32. The van der Waals surface area contributed by atoms with Crippen LogP contribution < -0.4 is 15.5 Å². The zero-order valence-corrected chi connectivity index (χ0v) is 18.2. The largest absolute Gasteiger partial charge is 0.366 e. The van der Waals surface area contributed by atoms with Gasteiger partial charge in [-0.05, 0) is 49.1 Å². The summed E-state index contributed by atoms with van der Waals surface area (Å²) in [6.07, 6.45) is 2.03. The highest BCUT2D eigenvalue weighted by atomic mass is 35.5. The Kier molecular flexibility index (Phi) is 8.62. The quantitative estimate of drug-likeness (QED) is 0.492. The van der Waals surface area contributed by atoms with E-state index in [9.17, 15) is 14.9 Å². The van der Waals surface area contributed by atoms with Crippen molar-refractivity contribution in [3.63, 3.8) is 0 Å². The van der Waals surface area contributed by atoms with E-state index < -0.39 is 4.92 Å². The maximum absolute atomic E-state index is 12.8. The van der Waals surface area contributed by atoms with Crippen molar-refractivity contribution in [3.8, 4) is 0 Å². The highest BCUT2D eigenvalue weighted by Gasteiger charge is 2.25. The second-order valence-electron chi connectivity index (χ2n) is 7.52. The summed E-state index contributed by atoms with van der Waals surface area (Å²) >= 11 is 0. The minimum Gasteiger partial charge on any atom is -0.366 e. The van der Waals surface area contributed by atoms with Gasteiger partial charge < -0.3 is 15.5 Å². The molecule has 0 aliphatic carbocycles. The predicted octanol–water partition coefficient (Wildman–Crippen LogP) is 4.61. The average molecular weight is 433 g/mol. The maximum atomic E-state index is 12.8. The lowest BCUT2D eigenvalue weighted by molar-refractivity contribution is -0.384. The van der Waals surface area contributed by atoms with Crippen molar-refractivity contribution in [2.75, 3.05) is 29.9 Å². The molecular weight excluding hydrogens is 404 g/mol. The third-order valence-corrected chi connectivity index (χ3v) is 5.39. The second-order valence-corrected chi connectivity index (χ2v) is 7.52. The van der Waals surface area contributed by atoms with Gasteiger partial charge in [-0.2, -0.15) is 0 Å². The Bertz CT molecular complexity index is 882. The number of para-hydroxylation sites is 1. The van der Waals surface area contributed by atoms with E-state index >= 15 is 0 Å². The van der Waals surface area contributed by atoms with Crippen molar-refractivity contribution >= 4 is 35.4 Å². The fourth-order valence-electron chi connectivity index (χ4n) is 3.58. The fourth-order valence-corrected chi connectivity index (χ4v) is 3.58. The van der Waals surface area contributed by atoms with E-state index in [1.54, 1.807) is 12.1 Å². The molecule has 30 heavy (non-hydrogen) atoms. The molecule has 1 aliphatic rings. The van der Waals surface area contributed by atoms with E-state index in [1.807, 2.05) is 36.1 Å². The maximum Gasteiger partial charge on any atom is 0.293 e. The molecule has 8 heteroatoms. The summed E-state index contributed by atoms with van der Waals surface area (Å²) in [6, 6.07) is 12.3. The van der Waals surface area contributed by atoms with Crippen LogP contribution in [0.25, 0.3) is 0 Å². The van der Waals surface area contributed by atoms with Crippen LogP contribution >= 0.6 is 12.4 Å². The lowest BCUT2D eigenvalue weighted by Gasteiger charge is -2.31. The number of amides is 1. The highest BCUT2D eigenvalue weighted by molar-refractivity contribution is 6.05. The number of piperidine rings is 1. The molecule has 1 aliphatic heterocycles. The topological polar surface area (TPSA) is 87.5 Å². The molecule has 2 N–H and O–H groups in total. The Labute approximate surface area is 183 Å². The van der Waals surface area contributed by atoms with E-state index in [2.05, 4.69) is 17.6 Å². The molecule has 1 saturated heterocycles. The summed E-state index contributed by atoms with van der Waals surface area (Å²) in [6.45, 7) is 7.28. The first-order chi connectivity index (χ1) is 14.0. The molecule has 2 aromatic rings. The van der Waals surface area contributed by atoms with Crippen LogP contribution in [0.4, 0.5) is 17.1 Å². The minimum atomic E-state index is -0.400. The van der Waals surface area contributed by atoms with E-state index in [4.69, 9.17) is 0 Å². The molecule has 1 amide bonds. The van der Waals surface area contributed by atoms with Gasteiger partial charge in [-0.25, -0.2) is 0 Å². The van der Waals surface area contributed by atoms with Crippen LogP contribution in [0.2, 0.25) is 0 Å². The van der Waals surface area contributed by atoms with Crippen LogP contribution in [0.3, 0.4) is 0 Å². The van der Waals surface area contributed by atoms with Gasteiger partial charge in [0.2, 0.25) is 0 Å². The third-order valence-electron chi connectivity index (χ3n) is 5.39. The van der Waals surface area contributed by atoms with Gasteiger partial charge in [0.15, 0.2) is 0 Å². The van der Waals surface area contributed by atoms with Gasteiger partial charge in [0.1, 0.15) is 5.69 Å². The van der Waals surface area contributed by atoms with E-state index in [0.717, 1.165) is 38.0 Å². The summed E-state index contributed by atoms with van der Waals surface area (Å²) in [5.74, 6) is 0.286. The normalized spacial score (nSPS) is 14.1. The molecule has 0 saturated carbocycles. The Morgan fingerprint density at radius 2 is 1.90 bits per heavy atom. The fraction of sp³-hybridized carbons (Fsp3) is 0.409. The van der Waals surface area contributed by atoms with E-state index in [1.165, 1.54) is 6.07 Å². The van der Waals surface area contributed by atoms with Crippen LogP contribution in [0.1, 0.15) is 42.6 Å². The number of nitrogens with one attached hydrogen (secondary N) is 2. The van der Waals surface area contributed by atoms with E-state index in [-0.39, 0.29) is 29.6 Å². The molecule has 162 valence electrons. The number of carbonyl (C=O) groups excluding carboxylic acids is 1. The number of nitro benzene ring substituents is 1. The van der Waals surface area contributed by atoms with Gasteiger partial charge in [0, 0.05) is 37.0 Å². The van der Waals surface area contributed by atoms with Gasteiger partial charge in [-0.15, -0.1) is 12.4 Å². The number of carbonyl (C=O) groups is 1. The van der Waals surface area contributed by atoms with Gasteiger partial charge in [-0.3, -0.25) is 14.9 Å². The monoisotopic (exact) mass is 432 g/mol. The lowest BCUT2D eigenvalue weighted by Crippen LogP contribution is -2.33. The number of anilines is 2. The first-order valence-electron chi connectivity index (χ1n) is 10.1. The molecule has 0 bridgehead atoms. The van der Waals surface area contributed by atoms with Crippen LogP contribution in [0, 0.1) is 16.0 Å². The lowest BCUT2D eigenvalue weighted by atomic mass is 9.98. The van der Waals surface area contributed by atoms with Crippen molar-refractivity contribution < 1.29 is 9.72 Å². The van der Waals surface area contributed by atoms with Gasteiger partial charge in [-0.1, -0.05) is 32.0 Å². The molecule has 0 unspecified atom stereocenters. The summed E-state index contributed by atoms with van der Waals surface area (Å²) < 4.78 is 0. The summed E-state index contributed by atoms with van der Waals surface area (Å²) in [5, 5.41) is 17.8. The molecule has 0 atom stereocenters. The zero-order chi connectivity index (χ0) is 20.8. The summed E-state index contributed by atoms with van der Waals surface area (Å²) in [5.41, 5.74) is 2.52. The number of hydrogen-bond acceptors (Lipinski definition) is 5. The molecule has 0 spiro atoms. The van der Waals surface area contributed by atoms with Gasteiger partial charge >= 0.3 is 0 Å². The summed E-state index contributed by atoms with van der Waals surface area (Å²) in [7, 11) is 0. The molecule has 0 aromatic heterocycles. The molecule has 7 nitrogen and oxygen atoms in total. The number of halogens is 1. The smallest absolute Gasteiger partial charge is 0.293 e. The Hall–Kier alpha value is -2.64. The van der Waals surface area contributed by atoms with Crippen molar-refractivity contribution in [2.24, 2.45) is 5.92 Å². The third kappa shape index (κ3) is 5.70. The average Bonchev–Trinajstić information content (AvgIpc) is 2.73. The standard InChI is InChI=1S/C22H28N4O3.ClH/c1-3-23-15-18-6-4-5-7-19(18)24-22(27)17-8-9-20(21(14-17)26(28)29)25-12-10-16(2)11-13-25;/h4-9,14,16,23H,3,10-13,15H2,1-2H3,(H,24,27);1H. The van der Waals surface area contributed by atoms with Gasteiger partial charge in [0.25, 0.3) is 11.6 Å². The molecule has 3 rings (SSSR count). The van der Waals surface area contributed by atoms with Crippen molar-refractivity contribution in [1.82, 2.24) is 5.32 Å². The summed E-state index contributed by atoms with van der Waals surface area (Å²) in [4.78, 5) is 26.1. The van der Waals surface area contributed by atoms with Gasteiger partial charge in [0.05, 0.1) is 4.92 Å². The van der Waals surface area contributed by atoms with Crippen LogP contribution in [0.15, 0.2) is 42.5 Å². The Balaban J connectivity index is 0.00000320. The van der Waals surface area contributed by atoms with Crippen LogP contribution in [-0.4, -0.2) is 30.5 Å². The Morgan fingerprint density at radius 3 is 2.57 bits per heavy atom. The number of nitrogens with zero attached hydrogens (tertiary/aromatic N) is 2. The Morgan fingerprint density at radius 1 is 1.20 bits per heavy atom. The van der Waals surface area contributed by atoms with Crippen molar-refractivity contribution in [3.05, 3.63) is 63.7 Å². The number of benzene rings is 2. The SMILES string of the molecule is CCNCc1ccccc1NC(=O)c1ccc(N2CCC(C)CC2)c([N+](=O)[O-])c1.Cl. The van der Waals surface area contributed by atoms with Crippen LogP contribution in [0.5, 0.6) is 0 Å². The second kappa shape index (κ2) is 10.9. The first kappa shape index (κ1) is 23.6. The molecule has 0 radical (unpaired) electrons. The zero-order valence-electron chi connectivity index (χ0n) is 17.4. The van der Waals surface area contributed by atoms with Crippen LogP contribution in [-0.2, 0) is 6.54 Å². The number of nitro groups is 1. The minimum absolute atomic E-state index is 0. The molecule has 1 heterocycles. The number of rotatable bonds is 7. The van der Waals surface area contributed by atoms with E-state index in [0.29, 0.717) is 23.8 Å².